The highest BCUT2D eigenvalue weighted by molar-refractivity contribution is 5.90. The highest BCUT2D eigenvalue weighted by atomic mass is 16.6. The molecule has 0 spiro atoms. The third-order valence-electron chi connectivity index (χ3n) is 3.54. The molecular weight excluding hydrogens is 308 g/mol. The van der Waals surface area contributed by atoms with Gasteiger partial charge in [-0.05, 0) is 47.1 Å². The molecule has 0 heterocycles. The normalized spacial score (nSPS) is 15.0. The number of aryl methyl sites for hydroxylation is 1. The first-order valence-electron chi connectivity index (χ1n) is 8.02. The SMILES string of the molecule is CC(=O)Nc1c(C)cccc1C(O)C(C)(C)NC(O)OC(C)(C)C. The lowest BCUT2D eigenvalue weighted by molar-refractivity contribution is -0.196. The van der Waals surface area contributed by atoms with E-state index in [1.54, 1.807) is 19.9 Å². The molecule has 1 amide bonds. The van der Waals surface area contributed by atoms with E-state index in [-0.39, 0.29) is 5.91 Å². The molecule has 0 aliphatic heterocycles. The number of anilines is 1. The third-order valence-corrected chi connectivity index (χ3v) is 3.54. The topological polar surface area (TPSA) is 90.8 Å². The highest BCUT2D eigenvalue weighted by Crippen LogP contribution is 2.33. The molecular formula is C18H30N2O4. The van der Waals surface area contributed by atoms with Crippen molar-refractivity contribution < 1.29 is 19.7 Å². The number of carbonyl (C=O) groups excluding carboxylic acids is 1. The second-order valence-electron chi connectivity index (χ2n) is 7.57. The molecule has 0 saturated carbocycles. The van der Waals surface area contributed by atoms with Gasteiger partial charge in [-0.2, -0.15) is 0 Å². The first-order chi connectivity index (χ1) is 10.8. The lowest BCUT2D eigenvalue weighted by Crippen LogP contribution is -2.52. The monoisotopic (exact) mass is 338 g/mol. The zero-order valence-electron chi connectivity index (χ0n) is 15.6. The van der Waals surface area contributed by atoms with Crippen LogP contribution in [-0.2, 0) is 9.53 Å². The Kier molecular flexibility index (Phi) is 6.52. The maximum atomic E-state index is 11.5. The standard InChI is InChI=1S/C18H30N2O4/c1-11-9-8-10-13(14(11)19-12(2)21)15(22)18(6,7)20-16(23)24-17(3,4)5/h8-10,15-16,20,22-23H,1-7H3,(H,19,21). The Labute approximate surface area is 144 Å². The summed E-state index contributed by atoms with van der Waals surface area (Å²) in [5.74, 6) is -0.209. The van der Waals surface area contributed by atoms with E-state index in [9.17, 15) is 15.0 Å². The van der Waals surface area contributed by atoms with Crippen LogP contribution in [0, 0.1) is 6.92 Å². The third kappa shape index (κ3) is 5.87. The Bertz CT molecular complexity index is 579. The molecule has 0 aliphatic rings. The van der Waals surface area contributed by atoms with Crippen molar-refractivity contribution in [3.05, 3.63) is 29.3 Å². The summed E-state index contributed by atoms with van der Waals surface area (Å²) in [7, 11) is 0. The Morgan fingerprint density at radius 1 is 1.17 bits per heavy atom. The molecule has 1 aromatic rings. The molecule has 0 fully saturated rings. The van der Waals surface area contributed by atoms with Crippen LogP contribution in [0.1, 0.15) is 58.8 Å². The van der Waals surface area contributed by atoms with Gasteiger partial charge in [0.1, 0.15) is 0 Å². The van der Waals surface area contributed by atoms with Crippen LogP contribution in [0.5, 0.6) is 0 Å². The van der Waals surface area contributed by atoms with Gasteiger partial charge in [0.05, 0.1) is 11.7 Å². The molecule has 0 radical (unpaired) electrons. The van der Waals surface area contributed by atoms with Crippen LogP contribution >= 0.6 is 0 Å². The van der Waals surface area contributed by atoms with Crippen molar-refractivity contribution in [3.8, 4) is 0 Å². The second-order valence-corrected chi connectivity index (χ2v) is 7.57. The number of para-hydroxylation sites is 1. The summed E-state index contributed by atoms with van der Waals surface area (Å²) >= 11 is 0. The van der Waals surface area contributed by atoms with Crippen molar-refractivity contribution in [3.63, 3.8) is 0 Å². The summed E-state index contributed by atoms with van der Waals surface area (Å²) in [4.78, 5) is 11.5. The number of amides is 1. The summed E-state index contributed by atoms with van der Waals surface area (Å²) in [5, 5.41) is 26.6. The quantitative estimate of drug-likeness (QED) is 0.598. The van der Waals surface area contributed by atoms with Gasteiger partial charge in [-0.1, -0.05) is 18.2 Å². The molecule has 0 aliphatic carbocycles. The fourth-order valence-corrected chi connectivity index (χ4v) is 2.42. The smallest absolute Gasteiger partial charge is 0.221 e. The van der Waals surface area contributed by atoms with Crippen molar-refractivity contribution in [1.29, 1.82) is 0 Å². The van der Waals surface area contributed by atoms with Crippen molar-refractivity contribution in [1.82, 2.24) is 5.32 Å². The Balaban J connectivity index is 3.05. The fourth-order valence-electron chi connectivity index (χ4n) is 2.42. The molecule has 24 heavy (non-hydrogen) atoms. The summed E-state index contributed by atoms with van der Waals surface area (Å²) < 4.78 is 5.44. The molecule has 0 saturated heterocycles. The molecule has 1 aromatic carbocycles. The largest absolute Gasteiger partial charge is 0.386 e. The number of carbonyl (C=O) groups is 1. The zero-order chi connectivity index (χ0) is 18.7. The van der Waals surface area contributed by atoms with E-state index in [2.05, 4.69) is 10.6 Å². The average Bonchev–Trinajstić information content (AvgIpc) is 2.36. The predicted octanol–water partition coefficient (Wildman–Crippen LogP) is 2.45. The van der Waals surface area contributed by atoms with Gasteiger partial charge in [0.15, 0.2) is 0 Å². The van der Waals surface area contributed by atoms with E-state index in [0.717, 1.165) is 5.56 Å². The minimum absolute atomic E-state index is 0.209. The van der Waals surface area contributed by atoms with Crippen molar-refractivity contribution >= 4 is 11.6 Å². The van der Waals surface area contributed by atoms with E-state index < -0.39 is 23.7 Å². The van der Waals surface area contributed by atoms with Crippen molar-refractivity contribution in [2.45, 2.75) is 72.1 Å². The summed E-state index contributed by atoms with van der Waals surface area (Å²) in [5.41, 5.74) is 0.581. The zero-order valence-corrected chi connectivity index (χ0v) is 15.6. The Morgan fingerprint density at radius 3 is 2.25 bits per heavy atom. The van der Waals surface area contributed by atoms with Gasteiger partial charge in [0.25, 0.3) is 0 Å². The van der Waals surface area contributed by atoms with Gasteiger partial charge in [0, 0.05) is 23.7 Å². The molecule has 1 rings (SSSR count). The number of aliphatic hydroxyl groups is 2. The summed E-state index contributed by atoms with van der Waals surface area (Å²) in [6.45, 7) is 12.3. The van der Waals surface area contributed by atoms with Crippen LogP contribution < -0.4 is 10.6 Å². The van der Waals surface area contributed by atoms with E-state index in [1.165, 1.54) is 6.92 Å². The summed E-state index contributed by atoms with van der Waals surface area (Å²) in [6, 6.07) is 5.43. The predicted molar refractivity (Wildman–Crippen MR) is 94.5 cm³/mol. The molecule has 2 atom stereocenters. The van der Waals surface area contributed by atoms with Crippen LogP contribution in [-0.4, -0.2) is 33.7 Å². The van der Waals surface area contributed by atoms with Crippen molar-refractivity contribution in [2.24, 2.45) is 0 Å². The molecule has 6 nitrogen and oxygen atoms in total. The molecule has 6 heteroatoms. The molecule has 4 N–H and O–H groups in total. The van der Waals surface area contributed by atoms with Crippen LogP contribution in [0.4, 0.5) is 5.69 Å². The van der Waals surface area contributed by atoms with Gasteiger partial charge < -0.3 is 20.3 Å². The minimum atomic E-state index is -1.23. The Morgan fingerprint density at radius 2 is 1.75 bits per heavy atom. The van der Waals surface area contributed by atoms with E-state index in [1.807, 2.05) is 39.8 Å². The first kappa shape index (κ1) is 20.6. The number of hydrogen-bond donors (Lipinski definition) is 4. The number of rotatable bonds is 6. The average molecular weight is 338 g/mol. The molecule has 0 aromatic heterocycles. The van der Waals surface area contributed by atoms with E-state index in [0.29, 0.717) is 11.3 Å². The van der Waals surface area contributed by atoms with Gasteiger partial charge in [-0.3, -0.25) is 10.1 Å². The number of ether oxygens (including phenoxy) is 1. The maximum Gasteiger partial charge on any atom is 0.221 e. The lowest BCUT2D eigenvalue weighted by atomic mass is 9.89. The number of hydrogen-bond acceptors (Lipinski definition) is 5. The summed E-state index contributed by atoms with van der Waals surface area (Å²) in [6.07, 6.45) is -2.21. The second kappa shape index (κ2) is 7.61. The number of nitrogens with one attached hydrogen (secondary N) is 2. The van der Waals surface area contributed by atoms with Crippen LogP contribution in [0.25, 0.3) is 0 Å². The van der Waals surface area contributed by atoms with Crippen LogP contribution in [0.15, 0.2) is 18.2 Å². The Hall–Kier alpha value is -1.47. The first-order valence-corrected chi connectivity index (χ1v) is 8.02. The van der Waals surface area contributed by atoms with Crippen LogP contribution in [0.2, 0.25) is 0 Å². The van der Waals surface area contributed by atoms with Gasteiger partial charge in [-0.15, -0.1) is 0 Å². The number of benzene rings is 1. The maximum absolute atomic E-state index is 11.5. The lowest BCUT2D eigenvalue weighted by Gasteiger charge is -2.36. The van der Waals surface area contributed by atoms with E-state index >= 15 is 0 Å². The molecule has 2 unspecified atom stereocenters. The highest BCUT2D eigenvalue weighted by Gasteiger charge is 2.34. The molecule has 0 bridgehead atoms. The molecule has 136 valence electrons. The van der Waals surface area contributed by atoms with E-state index in [4.69, 9.17) is 4.74 Å². The van der Waals surface area contributed by atoms with Crippen LogP contribution in [0.3, 0.4) is 0 Å². The minimum Gasteiger partial charge on any atom is -0.386 e. The van der Waals surface area contributed by atoms with Gasteiger partial charge in [-0.25, -0.2) is 0 Å². The fraction of sp³-hybridized carbons (Fsp3) is 0.611. The van der Waals surface area contributed by atoms with Gasteiger partial charge >= 0.3 is 0 Å². The van der Waals surface area contributed by atoms with Crippen molar-refractivity contribution in [2.75, 3.05) is 5.32 Å². The van der Waals surface area contributed by atoms with Gasteiger partial charge in [0.2, 0.25) is 12.3 Å². The number of aliphatic hydroxyl groups excluding tert-OH is 2.